The van der Waals surface area contributed by atoms with Crippen molar-refractivity contribution in [2.24, 2.45) is 0 Å². The number of hydrogen-bond acceptors (Lipinski definition) is 4. The van der Waals surface area contributed by atoms with Gasteiger partial charge in [-0.2, -0.15) is 0 Å². The Kier molecular flexibility index (Phi) is 6.34. The van der Waals surface area contributed by atoms with Gasteiger partial charge in [0, 0.05) is 18.2 Å². The van der Waals surface area contributed by atoms with Gasteiger partial charge in [0.05, 0.1) is 11.4 Å². The Bertz CT molecular complexity index is 1010. The van der Waals surface area contributed by atoms with E-state index in [4.69, 9.17) is 0 Å². The Hall–Kier alpha value is -2.71. The molecule has 3 rings (SSSR count). The summed E-state index contributed by atoms with van der Waals surface area (Å²) in [7, 11) is -3.62. The number of benzene rings is 2. The van der Waals surface area contributed by atoms with Gasteiger partial charge in [-0.1, -0.05) is 18.2 Å². The van der Waals surface area contributed by atoms with Crippen molar-refractivity contribution in [2.45, 2.75) is 44.2 Å². The monoisotopic (exact) mass is 415 g/mol. The van der Waals surface area contributed by atoms with Gasteiger partial charge >= 0.3 is 0 Å². The van der Waals surface area contributed by atoms with Crippen LogP contribution in [0.15, 0.2) is 47.4 Å². The predicted molar refractivity (Wildman–Crippen MR) is 110 cm³/mol. The molecule has 0 spiro atoms. The van der Waals surface area contributed by atoms with Crippen molar-refractivity contribution < 1.29 is 18.0 Å². The number of carbonyl (C=O) groups excluding carboxylic acids is 2. The zero-order chi connectivity index (χ0) is 21.0. The van der Waals surface area contributed by atoms with Crippen LogP contribution in [0.25, 0.3) is 0 Å². The molecule has 154 valence electrons. The minimum atomic E-state index is -3.62. The van der Waals surface area contributed by atoms with Crippen LogP contribution in [0.1, 0.15) is 39.9 Å². The molecule has 7 nitrogen and oxygen atoms in total. The average molecular weight is 416 g/mol. The van der Waals surface area contributed by atoms with Crippen LogP contribution in [0.4, 0.5) is 0 Å². The summed E-state index contributed by atoms with van der Waals surface area (Å²) >= 11 is 0. The summed E-state index contributed by atoms with van der Waals surface area (Å²) in [4.78, 5) is 24.0. The van der Waals surface area contributed by atoms with Crippen molar-refractivity contribution in [3.8, 4) is 0 Å². The minimum absolute atomic E-state index is 0.0626. The summed E-state index contributed by atoms with van der Waals surface area (Å²) in [5, 5.41) is 5.38. The Labute approximate surface area is 171 Å². The summed E-state index contributed by atoms with van der Waals surface area (Å²) in [5.41, 5.74) is 3.07. The fourth-order valence-corrected chi connectivity index (χ4v) is 3.79. The highest BCUT2D eigenvalue weighted by Gasteiger charge is 2.23. The second-order valence-electron chi connectivity index (χ2n) is 7.29. The fraction of sp³-hybridized carbons (Fsp3) is 0.333. The highest BCUT2D eigenvalue weighted by Crippen LogP contribution is 2.18. The third-order valence-corrected chi connectivity index (χ3v) is 6.22. The number of sulfonamides is 1. The molecule has 1 saturated carbocycles. The zero-order valence-corrected chi connectivity index (χ0v) is 17.3. The van der Waals surface area contributed by atoms with Crippen molar-refractivity contribution in [3.63, 3.8) is 0 Å². The molecule has 0 aromatic heterocycles. The van der Waals surface area contributed by atoms with Gasteiger partial charge in [0.1, 0.15) is 0 Å². The summed E-state index contributed by atoms with van der Waals surface area (Å²) in [5.74, 6) is -0.545. The van der Waals surface area contributed by atoms with Crippen molar-refractivity contribution in [2.75, 3.05) is 6.54 Å². The number of aryl methyl sites for hydroxylation is 2. The van der Waals surface area contributed by atoms with Gasteiger partial charge in [-0.05, 0) is 67.6 Å². The molecule has 3 N–H and O–H groups in total. The van der Waals surface area contributed by atoms with E-state index in [1.807, 2.05) is 13.8 Å². The Morgan fingerprint density at radius 3 is 2.31 bits per heavy atom. The molecule has 8 heteroatoms. The maximum Gasteiger partial charge on any atom is 0.251 e. The Morgan fingerprint density at radius 2 is 1.69 bits per heavy atom. The van der Waals surface area contributed by atoms with Gasteiger partial charge < -0.3 is 10.6 Å². The average Bonchev–Trinajstić information content (AvgIpc) is 3.51. The molecular weight excluding hydrogens is 390 g/mol. The summed E-state index contributed by atoms with van der Waals surface area (Å²) in [6, 6.07) is 11.8. The molecule has 0 aliphatic heterocycles. The molecule has 2 aromatic rings. The molecular formula is C21H25N3O4S. The van der Waals surface area contributed by atoms with Gasteiger partial charge in [0.2, 0.25) is 15.9 Å². The van der Waals surface area contributed by atoms with E-state index in [-0.39, 0.29) is 35.8 Å². The maximum atomic E-state index is 12.5. The molecule has 0 bridgehead atoms. The lowest BCUT2D eigenvalue weighted by molar-refractivity contribution is -0.120. The van der Waals surface area contributed by atoms with Crippen LogP contribution in [0.5, 0.6) is 0 Å². The lowest BCUT2D eigenvalue weighted by Gasteiger charge is -2.10. The number of rotatable bonds is 8. The lowest BCUT2D eigenvalue weighted by atomic mass is 10.1. The second-order valence-corrected chi connectivity index (χ2v) is 9.06. The maximum absolute atomic E-state index is 12.5. The van der Waals surface area contributed by atoms with Crippen molar-refractivity contribution >= 4 is 21.8 Å². The van der Waals surface area contributed by atoms with Gasteiger partial charge in [-0.15, -0.1) is 0 Å². The van der Waals surface area contributed by atoms with Crippen LogP contribution >= 0.6 is 0 Å². The zero-order valence-electron chi connectivity index (χ0n) is 16.5. The van der Waals surface area contributed by atoms with E-state index in [1.54, 1.807) is 42.5 Å². The SMILES string of the molecule is Cc1ccc(S(=O)(=O)NCc2ccc(C(=O)NCC(=O)NC3CC3)cc2)cc1C. The first kappa shape index (κ1) is 21.0. The molecule has 2 aromatic carbocycles. The molecule has 1 aliphatic rings. The smallest absolute Gasteiger partial charge is 0.251 e. The Morgan fingerprint density at radius 1 is 1.00 bits per heavy atom. The van der Waals surface area contributed by atoms with Gasteiger partial charge in [-0.3, -0.25) is 9.59 Å². The summed E-state index contributed by atoms with van der Waals surface area (Å²) in [6.07, 6.45) is 1.99. The fourth-order valence-electron chi connectivity index (χ4n) is 2.69. The predicted octanol–water partition coefficient (Wildman–Crippen LogP) is 1.79. The highest BCUT2D eigenvalue weighted by atomic mass is 32.2. The number of carbonyl (C=O) groups is 2. The molecule has 0 heterocycles. The van der Waals surface area contributed by atoms with Gasteiger partial charge in [0.25, 0.3) is 5.91 Å². The molecule has 0 saturated heterocycles. The standard InChI is InChI=1S/C21H25N3O4S/c1-14-3-10-19(11-15(14)2)29(27,28)23-12-16-4-6-17(7-5-16)21(26)22-13-20(25)24-18-8-9-18/h3-7,10-11,18,23H,8-9,12-13H2,1-2H3,(H,22,26)(H,24,25). The van der Waals surface area contributed by atoms with Crippen LogP contribution in [-0.4, -0.2) is 32.8 Å². The minimum Gasteiger partial charge on any atom is -0.352 e. The van der Waals surface area contributed by atoms with E-state index in [9.17, 15) is 18.0 Å². The first-order chi connectivity index (χ1) is 13.7. The van der Waals surface area contributed by atoms with Crippen LogP contribution in [0, 0.1) is 13.8 Å². The van der Waals surface area contributed by atoms with Crippen molar-refractivity contribution in [1.82, 2.24) is 15.4 Å². The summed E-state index contributed by atoms with van der Waals surface area (Å²) < 4.78 is 27.5. The van der Waals surface area contributed by atoms with Crippen molar-refractivity contribution in [3.05, 3.63) is 64.7 Å². The Balaban J connectivity index is 1.53. The topological polar surface area (TPSA) is 104 Å². The van der Waals surface area contributed by atoms with E-state index in [0.29, 0.717) is 5.56 Å². The molecule has 2 amide bonds. The van der Waals surface area contributed by atoms with E-state index in [0.717, 1.165) is 29.5 Å². The first-order valence-corrected chi connectivity index (χ1v) is 11.0. The van der Waals surface area contributed by atoms with E-state index in [2.05, 4.69) is 15.4 Å². The van der Waals surface area contributed by atoms with Crippen LogP contribution < -0.4 is 15.4 Å². The molecule has 29 heavy (non-hydrogen) atoms. The first-order valence-electron chi connectivity index (χ1n) is 9.48. The third-order valence-electron chi connectivity index (χ3n) is 4.82. The quantitative estimate of drug-likeness (QED) is 0.611. The summed E-state index contributed by atoms with van der Waals surface area (Å²) in [6.45, 7) is 3.85. The van der Waals surface area contributed by atoms with Gasteiger partial charge in [-0.25, -0.2) is 13.1 Å². The van der Waals surface area contributed by atoms with Crippen molar-refractivity contribution in [1.29, 1.82) is 0 Å². The molecule has 1 aliphatic carbocycles. The van der Waals surface area contributed by atoms with E-state index in [1.165, 1.54) is 0 Å². The molecule has 0 radical (unpaired) electrons. The molecule has 1 fully saturated rings. The van der Waals surface area contributed by atoms with Crippen LogP contribution in [-0.2, 0) is 21.4 Å². The molecule has 0 atom stereocenters. The number of amides is 2. The van der Waals surface area contributed by atoms with E-state index < -0.39 is 10.0 Å². The normalized spacial score (nSPS) is 13.7. The second kappa shape index (κ2) is 8.75. The van der Waals surface area contributed by atoms with Crippen LogP contribution in [0.3, 0.4) is 0 Å². The lowest BCUT2D eigenvalue weighted by Crippen LogP contribution is -2.37. The highest BCUT2D eigenvalue weighted by molar-refractivity contribution is 7.89. The third kappa shape index (κ3) is 5.88. The largest absolute Gasteiger partial charge is 0.352 e. The van der Waals surface area contributed by atoms with E-state index >= 15 is 0 Å². The van der Waals surface area contributed by atoms with Gasteiger partial charge in [0.15, 0.2) is 0 Å². The van der Waals surface area contributed by atoms with Crippen LogP contribution in [0.2, 0.25) is 0 Å². The molecule has 0 unspecified atom stereocenters. The number of hydrogen-bond donors (Lipinski definition) is 3. The number of nitrogens with one attached hydrogen (secondary N) is 3.